The Bertz CT molecular complexity index is 334. The zero-order valence-corrected chi connectivity index (χ0v) is 10.7. The standard InChI is InChI=1S/C12H20N2S/c1-4-10-5-6-12(7-10,13-3)11-14-9(2)8-15-11/h8,10,13H,4-7H2,1-3H3. The molecular formula is C12H20N2S. The van der Waals surface area contributed by atoms with Crippen LogP contribution in [0.3, 0.4) is 0 Å². The summed E-state index contributed by atoms with van der Waals surface area (Å²) in [5, 5.41) is 6.97. The third-order valence-corrected chi connectivity index (χ3v) is 4.87. The van der Waals surface area contributed by atoms with E-state index in [0.29, 0.717) is 0 Å². The number of hydrogen-bond acceptors (Lipinski definition) is 3. The van der Waals surface area contributed by atoms with Crippen LogP contribution in [0.4, 0.5) is 0 Å². The van der Waals surface area contributed by atoms with E-state index in [9.17, 15) is 0 Å². The Kier molecular flexibility index (Phi) is 3.12. The Labute approximate surface area is 96.1 Å². The van der Waals surface area contributed by atoms with Crippen molar-refractivity contribution in [1.82, 2.24) is 10.3 Å². The lowest BCUT2D eigenvalue weighted by Gasteiger charge is -2.26. The van der Waals surface area contributed by atoms with Crippen LogP contribution in [0.25, 0.3) is 0 Å². The second-order valence-corrected chi connectivity index (χ2v) is 5.50. The molecule has 1 fully saturated rings. The largest absolute Gasteiger partial charge is 0.308 e. The Morgan fingerprint density at radius 1 is 1.67 bits per heavy atom. The molecule has 1 aromatic rings. The van der Waals surface area contributed by atoms with E-state index >= 15 is 0 Å². The zero-order chi connectivity index (χ0) is 10.9. The van der Waals surface area contributed by atoms with E-state index in [1.165, 1.54) is 30.7 Å². The lowest BCUT2D eigenvalue weighted by Crippen LogP contribution is -2.37. The summed E-state index contributed by atoms with van der Waals surface area (Å²) < 4.78 is 0. The van der Waals surface area contributed by atoms with Gasteiger partial charge in [-0.1, -0.05) is 13.3 Å². The predicted octanol–water partition coefficient (Wildman–Crippen LogP) is 3.08. The third-order valence-electron chi connectivity index (χ3n) is 3.70. The minimum Gasteiger partial charge on any atom is -0.308 e. The van der Waals surface area contributed by atoms with Crippen LogP contribution >= 0.6 is 11.3 Å². The highest BCUT2D eigenvalue weighted by Crippen LogP contribution is 2.43. The Balaban J connectivity index is 2.23. The van der Waals surface area contributed by atoms with Crippen molar-refractivity contribution in [3.63, 3.8) is 0 Å². The number of hydrogen-bond donors (Lipinski definition) is 1. The van der Waals surface area contributed by atoms with E-state index in [1.807, 2.05) is 11.3 Å². The van der Waals surface area contributed by atoms with Gasteiger partial charge in [0.25, 0.3) is 0 Å². The van der Waals surface area contributed by atoms with Gasteiger partial charge in [0.1, 0.15) is 5.01 Å². The van der Waals surface area contributed by atoms with Gasteiger partial charge in [-0.25, -0.2) is 4.98 Å². The minimum atomic E-state index is 0.180. The van der Waals surface area contributed by atoms with Gasteiger partial charge in [-0.3, -0.25) is 0 Å². The van der Waals surface area contributed by atoms with Gasteiger partial charge in [-0.15, -0.1) is 11.3 Å². The summed E-state index contributed by atoms with van der Waals surface area (Å²) in [5.41, 5.74) is 1.34. The summed E-state index contributed by atoms with van der Waals surface area (Å²) in [7, 11) is 2.08. The van der Waals surface area contributed by atoms with Gasteiger partial charge < -0.3 is 5.32 Å². The van der Waals surface area contributed by atoms with Crippen molar-refractivity contribution in [3.8, 4) is 0 Å². The van der Waals surface area contributed by atoms with E-state index < -0.39 is 0 Å². The van der Waals surface area contributed by atoms with Crippen molar-refractivity contribution in [1.29, 1.82) is 0 Å². The highest BCUT2D eigenvalue weighted by molar-refractivity contribution is 7.09. The van der Waals surface area contributed by atoms with Crippen LogP contribution in [-0.2, 0) is 5.54 Å². The van der Waals surface area contributed by atoms with Crippen LogP contribution in [0.15, 0.2) is 5.38 Å². The highest BCUT2D eigenvalue weighted by Gasteiger charge is 2.40. The summed E-state index contributed by atoms with van der Waals surface area (Å²) in [5.74, 6) is 0.877. The molecule has 1 saturated carbocycles. The van der Waals surface area contributed by atoms with Crippen molar-refractivity contribution in [2.24, 2.45) is 5.92 Å². The first-order valence-electron chi connectivity index (χ1n) is 5.81. The molecule has 0 saturated heterocycles. The van der Waals surface area contributed by atoms with Crippen LogP contribution in [0.2, 0.25) is 0 Å². The van der Waals surface area contributed by atoms with Crippen molar-refractivity contribution in [3.05, 3.63) is 16.1 Å². The Morgan fingerprint density at radius 2 is 2.47 bits per heavy atom. The molecule has 2 nitrogen and oxygen atoms in total. The van der Waals surface area contributed by atoms with Crippen LogP contribution in [-0.4, -0.2) is 12.0 Å². The average molecular weight is 224 g/mol. The van der Waals surface area contributed by atoms with Crippen molar-refractivity contribution < 1.29 is 0 Å². The van der Waals surface area contributed by atoms with Crippen LogP contribution < -0.4 is 5.32 Å². The molecule has 1 aliphatic rings. The van der Waals surface area contributed by atoms with E-state index in [4.69, 9.17) is 0 Å². The molecule has 0 aliphatic heterocycles. The number of aromatic nitrogens is 1. The van der Waals surface area contributed by atoms with E-state index in [-0.39, 0.29) is 5.54 Å². The second kappa shape index (κ2) is 4.22. The van der Waals surface area contributed by atoms with E-state index in [1.54, 1.807) is 0 Å². The maximum Gasteiger partial charge on any atom is 0.113 e. The van der Waals surface area contributed by atoms with Gasteiger partial charge in [0.05, 0.1) is 5.54 Å². The van der Waals surface area contributed by atoms with Gasteiger partial charge >= 0.3 is 0 Å². The third kappa shape index (κ3) is 1.95. The summed E-state index contributed by atoms with van der Waals surface area (Å²) >= 11 is 1.81. The molecule has 3 heteroatoms. The first-order valence-corrected chi connectivity index (χ1v) is 6.69. The topological polar surface area (TPSA) is 24.9 Å². The van der Waals surface area contributed by atoms with Gasteiger partial charge in [-0.2, -0.15) is 0 Å². The molecule has 2 unspecified atom stereocenters. The van der Waals surface area contributed by atoms with Gasteiger partial charge in [0.15, 0.2) is 0 Å². The smallest absolute Gasteiger partial charge is 0.113 e. The number of rotatable bonds is 3. The molecule has 0 aromatic carbocycles. The molecule has 84 valence electrons. The molecule has 2 rings (SSSR count). The number of thiazole rings is 1. The molecule has 0 bridgehead atoms. The predicted molar refractivity (Wildman–Crippen MR) is 65.2 cm³/mol. The van der Waals surface area contributed by atoms with Crippen LogP contribution in [0.1, 0.15) is 43.3 Å². The summed E-state index contributed by atoms with van der Waals surface area (Å²) in [6.45, 7) is 4.37. The molecule has 0 amide bonds. The molecule has 1 aromatic heterocycles. The Morgan fingerprint density at radius 3 is 2.93 bits per heavy atom. The lowest BCUT2D eigenvalue weighted by atomic mass is 9.96. The number of aryl methyl sites for hydroxylation is 1. The van der Waals surface area contributed by atoms with Gasteiger partial charge in [0.2, 0.25) is 0 Å². The number of nitrogens with zero attached hydrogens (tertiary/aromatic N) is 1. The summed E-state index contributed by atoms with van der Waals surface area (Å²) in [4.78, 5) is 4.66. The molecule has 1 aliphatic carbocycles. The fourth-order valence-corrected chi connectivity index (χ4v) is 3.64. The quantitative estimate of drug-likeness (QED) is 0.853. The molecule has 0 spiro atoms. The van der Waals surface area contributed by atoms with E-state index in [0.717, 1.165) is 11.6 Å². The zero-order valence-electron chi connectivity index (χ0n) is 9.84. The van der Waals surface area contributed by atoms with Crippen molar-refractivity contribution >= 4 is 11.3 Å². The molecule has 1 N–H and O–H groups in total. The van der Waals surface area contributed by atoms with Crippen molar-refractivity contribution in [2.45, 2.75) is 45.1 Å². The van der Waals surface area contributed by atoms with E-state index in [2.05, 4.69) is 36.6 Å². The monoisotopic (exact) mass is 224 g/mol. The number of nitrogens with one attached hydrogen (secondary N) is 1. The fourth-order valence-electron chi connectivity index (χ4n) is 2.60. The molecule has 0 radical (unpaired) electrons. The average Bonchev–Trinajstić information content (AvgIpc) is 2.84. The highest BCUT2D eigenvalue weighted by atomic mass is 32.1. The summed E-state index contributed by atoms with van der Waals surface area (Å²) in [6, 6.07) is 0. The van der Waals surface area contributed by atoms with Gasteiger partial charge in [0, 0.05) is 11.1 Å². The fraction of sp³-hybridized carbons (Fsp3) is 0.750. The SMILES string of the molecule is CCC1CCC(NC)(c2nc(C)cs2)C1. The first-order chi connectivity index (χ1) is 7.20. The Hall–Kier alpha value is -0.410. The minimum absolute atomic E-state index is 0.180. The molecule has 2 atom stereocenters. The van der Waals surface area contributed by atoms with Crippen molar-refractivity contribution in [2.75, 3.05) is 7.05 Å². The summed E-state index contributed by atoms with van der Waals surface area (Å²) in [6.07, 6.45) is 5.14. The second-order valence-electron chi connectivity index (χ2n) is 4.64. The van der Waals surface area contributed by atoms with Crippen LogP contribution in [0.5, 0.6) is 0 Å². The maximum absolute atomic E-state index is 4.66. The molecule has 1 heterocycles. The lowest BCUT2D eigenvalue weighted by molar-refractivity contribution is 0.350. The normalized spacial score (nSPS) is 31.0. The molecular weight excluding hydrogens is 204 g/mol. The van der Waals surface area contributed by atoms with Crippen LogP contribution in [0, 0.1) is 12.8 Å². The first kappa shape index (κ1) is 11.1. The maximum atomic E-state index is 4.66. The molecule has 15 heavy (non-hydrogen) atoms. The van der Waals surface area contributed by atoms with Gasteiger partial charge in [-0.05, 0) is 39.2 Å².